The summed E-state index contributed by atoms with van der Waals surface area (Å²) in [7, 11) is -1.81. The normalized spacial score (nSPS) is 30.3. The van der Waals surface area contributed by atoms with Crippen molar-refractivity contribution in [2.24, 2.45) is 5.41 Å². The SMILES string of the molecule is COCC1(CNS(=O)(=O)N2CC(C)OC(C)C2)CCNCC1. The van der Waals surface area contributed by atoms with Crippen molar-refractivity contribution >= 4 is 10.2 Å². The quantitative estimate of drug-likeness (QED) is 0.711. The maximum atomic E-state index is 12.6. The summed E-state index contributed by atoms with van der Waals surface area (Å²) in [5, 5.41) is 3.31. The zero-order valence-corrected chi connectivity index (χ0v) is 14.6. The molecule has 0 aromatic rings. The highest BCUT2D eigenvalue weighted by atomic mass is 32.2. The first-order chi connectivity index (χ1) is 10.4. The summed E-state index contributed by atoms with van der Waals surface area (Å²) in [6.45, 7) is 7.40. The van der Waals surface area contributed by atoms with Gasteiger partial charge >= 0.3 is 0 Å². The predicted octanol–water partition coefficient (Wildman–Crippen LogP) is -0.0538. The monoisotopic (exact) mass is 335 g/mol. The minimum Gasteiger partial charge on any atom is -0.384 e. The lowest BCUT2D eigenvalue weighted by Gasteiger charge is -2.39. The van der Waals surface area contributed by atoms with Crippen LogP contribution in [0.1, 0.15) is 26.7 Å². The average Bonchev–Trinajstić information content (AvgIpc) is 2.46. The number of hydrogen-bond donors (Lipinski definition) is 2. The number of ether oxygens (including phenoxy) is 2. The Morgan fingerprint density at radius 2 is 1.86 bits per heavy atom. The molecular weight excluding hydrogens is 306 g/mol. The van der Waals surface area contributed by atoms with Gasteiger partial charge in [0.15, 0.2) is 0 Å². The van der Waals surface area contributed by atoms with E-state index in [1.807, 2.05) is 13.8 Å². The smallest absolute Gasteiger partial charge is 0.279 e. The molecule has 22 heavy (non-hydrogen) atoms. The predicted molar refractivity (Wildman–Crippen MR) is 84.9 cm³/mol. The molecule has 2 heterocycles. The van der Waals surface area contributed by atoms with E-state index < -0.39 is 10.2 Å². The molecule has 0 spiro atoms. The van der Waals surface area contributed by atoms with E-state index in [0.717, 1.165) is 25.9 Å². The molecule has 0 amide bonds. The molecule has 2 fully saturated rings. The van der Waals surface area contributed by atoms with E-state index in [2.05, 4.69) is 10.0 Å². The number of nitrogens with one attached hydrogen (secondary N) is 2. The lowest BCUT2D eigenvalue weighted by atomic mass is 9.80. The van der Waals surface area contributed by atoms with Crippen LogP contribution in [-0.4, -0.2) is 71.4 Å². The topological polar surface area (TPSA) is 79.9 Å². The Kier molecular flexibility index (Phi) is 6.21. The second-order valence-corrected chi connectivity index (χ2v) is 8.34. The van der Waals surface area contributed by atoms with Gasteiger partial charge in [0.1, 0.15) is 0 Å². The van der Waals surface area contributed by atoms with Crippen LogP contribution in [0.4, 0.5) is 0 Å². The molecule has 2 saturated heterocycles. The summed E-state index contributed by atoms with van der Waals surface area (Å²) in [6.07, 6.45) is 1.68. The van der Waals surface area contributed by atoms with Crippen molar-refractivity contribution in [1.29, 1.82) is 0 Å². The van der Waals surface area contributed by atoms with Crippen molar-refractivity contribution in [2.75, 3.05) is 46.4 Å². The summed E-state index contributed by atoms with van der Waals surface area (Å²) in [5.74, 6) is 0. The number of rotatable bonds is 6. The van der Waals surface area contributed by atoms with E-state index >= 15 is 0 Å². The molecule has 2 aliphatic heterocycles. The second-order valence-electron chi connectivity index (χ2n) is 6.58. The Balaban J connectivity index is 1.98. The molecule has 130 valence electrons. The largest absolute Gasteiger partial charge is 0.384 e. The fraction of sp³-hybridized carbons (Fsp3) is 1.00. The summed E-state index contributed by atoms with van der Waals surface area (Å²) >= 11 is 0. The van der Waals surface area contributed by atoms with Crippen LogP contribution in [0.3, 0.4) is 0 Å². The van der Waals surface area contributed by atoms with Crippen LogP contribution < -0.4 is 10.0 Å². The van der Waals surface area contributed by atoms with Crippen molar-refractivity contribution in [3.05, 3.63) is 0 Å². The zero-order valence-electron chi connectivity index (χ0n) is 13.8. The van der Waals surface area contributed by atoms with Crippen molar-refractivity contribution in [2.45, 2.75) is 38.9 Å². The van der Waals surface area contributed by atoms with Crippen molar-refractivity contribution < 1.29 is 17.9 Å². The third kappa shape index (κ3) is 4.62. The Labute approximate surface area is 133 Å². The van der Waals surface area contributed by atoms with Gasteiger partial charge in [0.25, 0.3) is 10.2 Å². The maximum absolute atomic E-state index is 12.6. The molecule has 0 aromatic carbocycles. The van der Waals surface area contributed by atoms with Gasteiger partial charge in [-0.15, -0.1) is 0 Å². The van der Waals surface area contributed by atoms with E-state index in [0.29, 0.717) is 26.2 Å². The first-order valence-electron chi connectivity index (χ1n) is 7.97. The van der Waals surface area contributed by atoms with Gasteiger partial charge in [-0.1, -0.05) is 0 Å². The van der Waals surface area contributed by atoms with E-state index in [1.165, 1.54) is 4.31 Å². The molecule has 2 unspecified atom stereocenters. The van der Waals surface area contributed by atoms with Crippen LogP contribution in [0.25, 0.3) is 0 Å². The van der Waals surface area contributed by atoms with Gasteiger partial charge in [0, 0.05) is 32.2 Å². The first-order valence-corrected chi connectivity index (χ1v) is 9.41. The number of piperidine rings is 1. The van der Waals surface area contributed by atoms with Gasteiger partial charge in [-0.25, -0.2) is 4.72 Å². The van der Waals surface area contributed by atoms with Gasteiger partial charge < -0.3 is 14.8 Å². The maximum Gasteiger partial charge on any atom is 0.279 e. The molecular formula is C14H29N3O4S. The zero-order chi connectivity index (χ0) is 16.2. The Bertz CT molecular complexity index is 435. The number of morpholine rings is 1. The highest BCUT2D eigenvalue weighted by molar-refractivity contribution is 7.87. The van der Waals surface area contributed by atoms with Crippen LogP contribution in [-0.2, 0) is 19.7 Å². The number of methoxy groups -OCH3 is 1. The van der Waals surface area contributed by atoms with Gasteiger partial charge in [-0.05, 0) is 39.8 Å². The van der Waals surface area contributed by atoms with E-state index in [1.54, 1.807) is 7.11 Å². The van der Waals surface area contributed by atoms with Crippen LogP contribution in [0.2, 0.25) is 0 Å². The first kappa shape index (κ1) is 18.1. The Hall–Kier alpha value is -0.250. The second kappa shape index (κ2) is 7.55. The van der Waals surface area contributed by atoms with Crippen LogP contribution in [0, 0.1) is 5.41 Å². The van der Waals surface area contributed by atoms with Crippen LogP contribution in [0.15, 0.2) is 0 Å². The Morgan fingerprint density at radius 3 is 2.41 bits per heavy atom. The molecule has 0 aromatic heterocycles. The van der Waals surface area contributed by atoms with Crippen LogP contribution >= 0.6 is 0 Å². The van der Waals surface area contributed by atoms with Gasteiger partial charge in [-0.3, -0.25) is 0 Å². The fourth-order valence-electron chi connectivity index (χ4n) is 3.30. The minimum absolute atomic E-state index is 0.0767. The molecule has 0 bridgehead atoms. The fourth-order valence-corrected chi connectivity index (χ4v) is 4.78. The third-order valence-corrected chi connectivity index (χ3v) is 5.96. The molecule has 2 rings (SSSR count). The highest BCUT2D eigenvalue weighted by Gasteiger charge is 2.36. The molecule has 7 nitrogen and oxygen atoms in total. The summed E-state index contributed by atoms with van der Waals surface area (Å²) in [5.41, 5.74) is -0.114. The van der Waals surface area contributed by atoms with Crippen molar-refractivity contribution in [1.82, 2.24) is 14.3 Å². The molecule has 2 atom stereocenters. The van der Waals surface area contributed by atoms with Crippen LogP contribution in [0.5, 0.6) is 0 Å². The molecule has 2 aliphatic rings. The Morgan fingerprint density at radius 1 is 1.27 bits per heavy atom. The highest BCUT2D eigenvalue weighted by Crippen LogP contribution is 2.28. The lowest BCUT2D eigenvalue weighted by molar-refractivity contribution is -0.0445. The van der Waals surface area contributed by atoms with E-state index in [-0.39, 0.29) is 17.6 Å². The summed E-state index contributed by atoms with van der Waals surface area (Å²) in [6, 6.07) is 0. The standard InChI is InChI=1S/C14H29N3O4S/c1-12-8-17(9-13(2)21-12)22(18,19)16-10-14(11-20-3)4-6-15-7-5-14/h12-13,15-16H,4-11H2,1-3H3. The average molecular weight is 335 g/mol. The molecule has 8 heteroatoms. The van der Waals surface area contributed by atoms with Gasteiger partial charge in [-0.2, -0.15) is 12.7 Å². The molecule has 0 aliphatic carbocycles. The van der Waals surface area contributed by atoms with Crippen molar-refractivity contribution in [3.63, 3.8) is 0 Å². The van der Waals surface area contributed by atoms with Gasteiger partial charge in [0.2, 0.25) is 0 Å². The number of hydrogen-bond acceptors (Lipinski definition) is 5. The van der Waals surface area contributed by atoms with Gasteiger partial charge in [0.05, 0.1) is 18.8 Å². The third-order valence-electron chi connectivity index (χ3n) is 4.47. The molecule has 2 N–H and O–H groups in total. The summed E-state index contributed by atoms with van der Waals surface area (Å²) in [4.78, 5) is 0. The minimum atomic E-state index is -3.48. The number of nitrogens with zero attached hydrogens (tertiary/aromatic N) is 1. The van der Waals surface area contributed by atoms with E-state index in [9.17, 15) is 8.42 Å². The van der Waals surface area contributed by atoms with E-state index in [4.69, 9.17) is 9.47 Å². The van der Waals surface area contributed by atoms with Crippen molar-refractivity contribution in [3.8, 4) is 0 Å². The lowest BCUT2D eigenvalue weighted by Crippen LogP contribution is -2.54. The summed E-state index contributed by atoms with van der Waals surface area (Å²) < 4.78 is 40.4. The molecule has 0 saturated carbocycles. The molecule has 0 radical (unpaired) electrons.